The number of nitrogens with one attached hydrogen (secondary N) is 1. The van der Waals surface area contributed by atoms with Gasteiger partial charge in [-0.15, -0.1) is 0 Å². The summed E-state index contributed by atoms with van der Waals surface area (Å²) < 4.78 is 16.4. The topological polar surface area (TPSA) is 77.0 Å². The molecule has 0 amide bonds. The second-order valence-corrected chi connectivity index (χ2v) is 5.02. The smallest absolute Gasteiger partial charge is 0.339 e. The SMILES string of the molecule is COC1(CNCCOc2ccccc2C(=O)O)CCOC1. The molecular formula is C15H21NO5. The van der Waals surface area contributed by atoms with E-state index in [2.05, 4.69) is 5.32 Å². The summed E-state index contributed by atoms with van der Waals surface area (Å²) in [6, 6.07) is 6.62. The summed E-state index contributed by atoms with van der Waals surface area (Å²) in [5.41, 5.74) is -0.0750. The molecule has 1 heterocycles. The molecule has 1 atom stereocenters. The molecule has 2 N–H and O–H groups in total. The third-order valence-electron chi connectivity index (χ3n) is 3.60. The number of carbonyl (C=O) groups is 1. The fourth-order valence-electron chi connectivity index (χ4n) is 2.28. The Kier molecular flexibility index (Phi) is 5.55. The molecule has 6 nitrogen and oxygen atoms in total. The van der Waals surface area contributed by atoms with E-state index in [1.165, 1.54) is 6.07 Å². The Bertz CT molecular complexity index is 471. The lowest BCUT2D eigenvalue weighted by molar-refractivity contribution is -0.0159. The highest BCUT2D eigenvalue weighted by atomic mass is 16.5. The average Bonchev–Trinajstić information content (AvgIpc) is 2.96. The van der Waals surface area contributed by atoms with E-state index in [4.69, 9.17) is 19.3 Å². The van der Waals surface area contributed by atoms with Gasteiger partial charge in [0.1, 0.15) is 23.5 Å². The van der Waals surface area contributed by atoms with Crippen LogP contribution in [0.5, 0.6) is 5.75 Å². The Balaban J connectivity index is 1.74. The number of benzene rings is 1. The van der Waals surface area contributed by atoms with Crippen molar-refractivity contribution in [1.29, 1.82) is 0 Å². The molecule has 1 aliphatic rings. The number of ether oxygens (including phenoxy) is 3. The van der Waals surface area contributed by atoms with E-state index in [0.717, 1.165) is 13.0 Å². The third-order valence-corrected chi connectivity index (χ3v) is 3.60. The maximum absolute atomic E-state index is 11.0. The Labute approximate surface area is 124 Å². The van der Waals surface area contributed by atoms with Crippen molar-refractivity contribution in [3.8, 4) is 5.75 Å². The van der Waals surface area contributed by atoms with Crippen LogP contribution in [0.25, 0.3) is 0 Å². The molecule has 1 aliphatic heterocycles. The highest BCUT2D eigenvalue weighted by Crippen LogP contribution is 2.21. The summed E-state index contributed by atoms with van der Waals surface area (Å²) in [7, 11) is 1.69. The van der Waals surface area contributed by atoms with Gasteiger partial charge in [0.25, 0.3) is 0 Å². The van der Waals surface area contributed by atoms with Crippen molar-refractivity contribution in [1.82, 2.24) is 5.32 Å². The van der Waals surface area contributed by atoms with Crippen LogP contribution >= 0.6 is 0 Å². The minimum absolute atomic E-state index is 0.176. The predicted molar refractivity (Wildman–Crippen MR) is 76.9 cm³/mol. The lowest BCUT2D eigenvalue weighted by Crippen LogP contribution is -2.44. The van der Waals surface area contributed by atoms with E-state index in [0.29, 0.717) is 32.1 Å². The Morgan fingerprint density at radius 3 is 2.95 bits per heavy atom. The molecule has 0 spiro atoms. The third kappa shape index (κ3) is 4.17. The number of para-hydroxylation sites is 1. The van der Waals surface area contributed by atoms with E-state index >= 15 is 0 Å². The highest BCUT2D eigenvalue weighted by Gasteiger charge is 2.34. The quantitative estimate of drug-likeness (QED) is 0.701. The van der Waals surface area contributed by atoms with Crippen molar-refractivity contribution in [3.05, 3.63) is 29.8 Å². The van der Waals surface area contributed by atoms with Crippen LogP contribution in [0.4, 0.5) is 0 Å². The lowest BCUT2D eigenvalue weighted by atomic mass is 10.0. The van der Waals surface area contributed by atoms with Crippen LogP contribution in [-0.4, -0.2) is 56.7 Å². The molecule has 21 heavy (non-hydrogen) atoms. The number of carboxylic acid groups (broad SMARTS) is 1. The van der Waals surface area contributed by atoms with Crippen LogP contribution in [0.2, 0.25) is 0 Å². The fraction of sp³-hybridized carbons (Fsp3) is 0.533. The maximum atomic E-state index is 11.0. The molecule has 116 valence electrons. The van der Waals surface area contributed by atoms with E-state index in [-0.39, 0.29) is 11.2 Å². The van der Waals surface area contributed by atoms with Gasteiger partial charge in [-0.2, -0.15) is 0 Å². The minimum Gasteiger partial charge on any atom is -0.491 e. The summed E-state index contributed by atoms with van der Waals surface area (Å²) in [6.45, 7) is 3.01. The molecule has 0 radical (unpaired) electrons. The van der Waals surface area contributed by atoms with Gasteiger partial charge < -0.3 is 24.6 Å². The first-order valence-corrected chi connectivity index (χ1v) is 6.96. The van der Waals surface area contributed by atoms with E-state index in [1.54, 1.807) is 25.3 Å². The molecule has 0 bridgehead atoms. The number of rotatable bonds is 8. The molecular weight excluding hydrogens is 274 g/mol. The predicted octanol–water partition coefficient (Wildman–Crippen LogP) is 1.16. The van der Waals surface area contributed by atoms with Crippen molar-refractivity contribution >= 4 is 5.97 Å². The zero-order valence-corrected chi connectivity index (χ0v) is 12.1. The van der Waals surface area contributed by atoms with Crippen LogP contribution in [0.3, 0.4) is 0 Å². The minimum atomic E-state index is -0.986. The van der Waals surface area contributed by atoms with Gasteiger partial charge in [0, 0.05) is 33.2 Å². The van der Waals surface area contributed by atoms with Crippen molar-refractivity contribution in [2.24, 2.45) is 0 Å². The van der Waals surface area contributed by atoms with Crippen LogP contribution in [-0.2, 0) is 9.47 Å². The standard InChI is InChI=1S/C15H21NO5/c1-19-15(6-8-20-11-15)10-16-7-9-21-13-5-3-2-4-12(13)14(17)18/h2-5,16H,6-11H2,1H3,(H,17,18). The Morgan fingerprint density at radius 1 is 1.48 bits per heavy atom. The molecule has 6 heteroatoms. The second kappa shape index (κ2) is 7.40. The zero-order valence-electron chi connectivity index (χ0n) is 12.1. The molecule has 0 saturated carbocycles. The van der Waals surface area contributed by atoms with E-state index in [9.17, 15) is 4.79 Å². The van der Waals surface area contributed by atoms with Crippen molar-refractivity contribution < 1.29 is 24.1 Å². The summed E-state index contributed by atoms with van der Waals surface area (Å²) >= 11 is 0. The van der Waals surface area contributed by atoms with Crippen LogP contribution in [0.15, 0.2) is 24.3 Å². The maximum Gasteiger partial charge on any atom is 0.339 e. The summed E-state index contributed by atoms with van der Waals surface area (Å²) in [4.78, 5) is 11.0. The number of hydrogen-bond acceptors (Lipinski definition) is 5. The molecule has 1 unspecified atom stereocenters. The van der Waals surface area contributed by atoms with Gasteiger partial charge in [0.15, 0.2) is 0 Å². The molecule has 0 aliphatic carbocycles. The molecule has 0 aromatic heterocycles. The zero-order chi connectivity index (χ0) is 15.1. The normalized spacial score (nSPS) is 21.4. The van der Waals surface area contributed by atoms with Gasteiger partial charge in [-0.05, 0) is 12.1 Å². The van der Waals surface area contributed by atoms with E-state index in [1.807, 2.05) is 0 Å². The van der Waals surface area contributed by atoms with E-state index < -0.39 is 5.97 Å². The van der Waals surface area contributed by atoms with Crippen LogP contribution < -0.4 is 10.1 Å². The first-order valence-electron chi connectivity index (χ1n) is 6.96. The summed E-state index contributed by atoms with van der Waals surface area (Å²) in [5.74, 6) is -0.600. The van der Waals surface area contributed by atoms with Gasteiger partial charge in [-0.3, -0.25) is 0 Å². The lowest BCUT2D eigenvalue weighted by Gasteiger charge is -2.26. The molecule has 1 saturated heterocycles. The fourth-order valence-corrected chi connectivity index (χ4v) is 2.28. The number of carboxylic acids is 1. The second-order valence-electron chi connectivity index (χ2n) is 5.02. The van der Waals surface area contributed by atoms with Crippen LogP contribution in [0.1, 0.15) is 16.8 Å². The average molecular weight is 295 g/mol. The first kappa shape index (κ1) is 15.8. The van der Waals surface area contributed by atoms with Crippen molar-refractivity contribution in [2.75, 3.05) is 40.0 Å². The molecule has 2 rings (SSSR count). The Hall–Kier alpha value is -1.63. The summed E-state index contributed by atoms with van der Waals surface area (Å²) in [5, 5.41) is 12.3. The molecule has 1 fully saturated rings. The van der Waals surface area contributed by atoms with Crippen molar-refractivity contribution in [2.45, 2.75) is 12.0 Å². The van der Waals surface area contributed by atoms with Gasteiger partial charge in [-0.1, -0.05) is 12.1 Å². The number of methoxy groups -OCH3 is 1. The van der Waals surface area contributed by atoms with Gasteiger partial charge >= 0.3 is 5.97 Å². The number of aromatic carboxylic acids is 1. The van der Waals surface area contributed by atoms with Gasteiger partial charge in [0.2, 0.25) is 0 Å². The van der Waals surface area contributed by atoms with Gasteiger partial charge in [0.05, 0.1) is 6.61 Å². The number of hydrogen-bond donors (Lipinski definition) is 2. The molecule has 1 aromatic carbocycles. The first-order chi connectivity index (χ1) is 10.2. The van der Waals surface area contributed by atoms with Crippen molar-refractivity contribution in [3.63, 3.8) is 0 Å². The highest BCUT2D eigenvalue weighted by molar-refractivity contribution is 5.90. The monoisotopic (exact) mass is 295 g/mol. The van der Waals surface area contributed by atoms with Gasteiger partial charge in [-0.25, -0.2) is 4.79 Å². The summed E-state index contributed by atoms with van der Waals surface area (Å²) in [6.07, 6.45) is 0.874. The largest absolute Gasteiger partial charge is 0.491 e. The van der Waals surface area contributed by atoms with Crippen LogP contribution in [0, 0.1) is 0 Å². The molecule has 1 aromatic rings. The Morgan fingerprint density at radius 2 is 2.29 bits per heavy atom.